The standard InChI is InChI=1S/C25H31FN4O2S/c1-4-28-14-13-25-23(17-28)24(27-30(25)21-10-8-9-20(26)15-21)18-29(16-19(2)3)33(31,32)22-11-6-5-7-12-22/h5-12,15,19H,4,13-14,16-18H2,1-3H3. The van der Waals surface area contributed by atoms with Gasteiger partial charge in [0, 0.05) is 31.6 Å². The number of benzene rings is 2. The molecule has 0 fully saturated rings. The van der Waals surface area contributed by atoms with Gasteiger partial charge in [-0.05, 0) is 42.8 Å². The molecule has 0 saturated heterocycles. The lowest BCUT2D eigenvalue weighted by molar-refractivity contribution is 0.264. The lowest BCUT2D eigenvalue weighted by Gasteiger charge is -2.27. The van der Waals surface area contributed by atoms with Crippen LogP contribution in [0, 0.1) is 11.7 Å². The summed E-state index contributed by atoms with van der Waals surface area (Å²) in [5.74, 6) is -0.172. The van der Waals surface area contributed by atoms with Gasteiger partial charge in [-0.1, -0.05) is 45.0 Å². The van der Waals surface area contributed by atoms with Crippen LogP contribution in [0.1, 0.15) is 37.7 Å². The smallest absolute Gasteiger partial charge is 0.243 e. The topological polar surface area (TPSA) is 58.4 Å². The Hall–Kier alpha value is -2.55. The quantitative estimate of drug-likeness (QED) is 0.494. The molecule has 0 aliphatic carbocycles. The fourth-order valence-corrected chi connectivity index (χ4v) is 5.91. The lowest BCUT2D eigenvalue weighted by Crippen LogP contribution is -2.35. The third-order valence-corrected chi connectivity index (χ3v) is 7.82. The molecular weight excluding hydrogens is 439 g/mol. The minimum absolute atomic E-state index is 0.150. The largest absolute Gasteiger partial charge is 0.299 e. The number of rotatable bonds is 8. The third kappa shape index (κ3) is 5.03. The molecule has 0 atom stereocenters. The minimum Gasteiger partial charge on any atom is -0.299 e. The molecule has 8 heteroatoms. The van der Waals surface area contributed by atoms with E-state index in [9.17, 15) is 12.8 Å². The van der Waals surface area contributed by atoms with E-state index in [1.54, 1.807) is 35.0 Å². The van der Waals surface area contributed by atoms with E-state index < -0.39 is 10.0 Å². The van der Waals surface area contributed by atoms with Gasteiger partial charge in [0.2, 0.25) is 10.0 Å². The van der Waals surface area contributed by atoms with Crippen LogP contribution < -0.4 is 0 Å². The van der Waals surface area contributed by atoms with Gasteiger partial charge in [-0.25, -0.2) is 17.5 Å². The number of hydrogen-bond acceptors (Lipinski definition) is 4. The van der Waals surface area contributed by atoms with Crippen LogP contribution in [0.2, 0.25) is 0 Å². The summed E-state index contributed by atoms with van der Waals surface area (Å²) in [6.07, 6.45) is 0.780. The van der Waals surface area contributed by atoms with Crippen molar-refractivity contribution in [3.63, 3.8) is 0 Å². The lowest BCUT2D eigenvalue weighted by atomic mass is 10.0. The summed E-state index contributed by atoms with van der Waals surface area (Å²) in [6, 6.07) is 14.9. The first-order valence-corrected chi connectivity index (χ1v) is 12.9. The molecule has 2 heterocycles. The number of aromatic nitrogens is 2. The van der Waals surface area contributed by atoms with Crippen molar-refractivity contribution in [3.05, 3.63) is 77.4 Å². The Labute approximate surface area is 195 Å². The van der Waals surface area contributed by atoms with Crippen molar-refractivity contribution in [1.82, 2.24) is 19.0 Å². The maximum atomic E-state index is 14.0. The van der Waals surface area contributed by atoms with Crippen LogP contribution in [0.25, 0.3) is 5.69 Å². The predicted octanol–water partition coefficient (Wildman–Crippen LogP) is 4.24. The van der Waals surface area contributed by atoms with Crippen LogP contribution in [0.5, 0.6) is 0 Å². The molecule has 3 aromatic rings. The molecule has 0 N–H and O–H groups in total. The molecule has 33 heavy (non-hydrogen) atoms. The first-order chi connectivity index (χ1) is 15.8. The number of likely N-dealkylation sites (N-methyl/N-ethyl adjacent to an activating group) is 1. The van der Waals surface area contributed by atoms with Crippen LogP contribution in [-0.4, -0.2) is 47.0 Å². The summed E-state index contributed by atoms with van der Waals surface area (Å²) >= 11 is 0. The highest BCUT2D eigenvalue weighted by Gasteiger charge is 2.30. The summed E-state index contributed by atoms with van der Waals surface area (Å²) < 4.78 is 44.3. The van der Waals surface area contributed by atoms with Gasteiger partial charge in [0.1, 0.15) is 5.82 Å². The van der Waals surface area contributed by atoms with Gasteiger partial charge in [0.25, 0.3) is 0 Å². The summed E-state index contributed by atoms with van der Waals surface area (Å²) in [5, 5.41) is 4.84. The highest BCUT2D eigenvalue weighted by Crippen LogP contribution is 2.28. The molecule has 176 valence electrons. The van der Waals surface area contributed by atoms with Crippen LogP contribution in [-0.2, 0) is 29.5 Å². The van der Waals surface area contributed by atoms with E-state index in [0.717, 1.165) is 36.5 Å². The Bertz CT molecular complexity index is 1210. The van der Waals surface area contributed by atoms with Crippen LogP contribution in [0.15, 0.2) is 59.5 Å². The molecule has 0 unspecified atom stereocenters. The minimum atomic E-state index is -3.69. The summed E-state index contributed by atoms with van der Waals surface area (Å²) in [5.41, 5.74) is 3.46. The normalized spacial score (nSPS) is 14.7. The summed E-state index contributed by atoms with van der Waals surface area (Å²) in [7, 11) is -3.69. The van der Waals surface area contributed by atoms with Crippen LogP contribution >= 0.6 is 0 Å². The molecule has 0 bridgehead atoms. The maximum Gasteiger partial charge on any atom is 0.243 e. The molecular formula is C25H31FN4O2S. The van der Waals surface area contributed by atoms with E-state index in [1.807, 2.05) is 26.0 Å². The van der Waals surface area contributed by atoms with Gasteiger partial charge >= 0.3 is 0 Å². The van der Waals surface area contributed by atoms with Crippen molar-refractivity contribution in [2.24, 2.45) is 5.92 Å². The second-order valence-electron chi connectivity index (χ2n) is 8.89. The highest BCUT2D eigenvalue weighted by molar-refractivity contribution is 7.89. The van der Waals surface area contributed by atoms with Crippen LogP contribution in [0.4, 0.5) is 4.39 Å². The number of hydrogen-bond donors (Lipinski definition) is 0. The monoisotopic (exact) mass is 470 g/mol. The SMILES string of the molecule is CCN1CCc2c(c(CN(CC(C)C)S(=O)(=O)c3ccccc3)nn2-c2cccc(F)c2)C1. The number of sulfonamides is 1. The molecule has 1 aliphatic rings. The van der Waals surface area contributed by atoms with E-state index in [-0.39, 0.29) is 23.2 Å². The van der Waals surface area contributed by atoms with Gasteiger partial charge < -0.3 is 0 Å². The Morgan fingerprint density at radius 2 is 1.88 bits per heavy atom. The van der Waals surface area contributed by atoms with E-state index in [1.165, 1.54) is 16.4 Å². The zero-order valence-electron chi connectivity index (χ0n) is 19.4. The van der Waals surface area contributed by atoms with E-state index in [4.69, 9.17) is 5.10 Å². The van der Waals surface area contributed by atoms with Gasteiger partial charge in [-0.3, -0.25) is 4.90 Å². The van der Waals surface area contributed by atoms with Gasteiger partial charge in [-0.2, -0.15) is 9.40 Å². The van der Waals surface area contributed by atoms with E-state index in [2.05, 4.69) is 11.8 Å². The average molecular weight is 471 g/mol. The van der Waals surface area contributed by atoms with Crippen molar-refractivity contribution in [1.29, 1.82) is 0 Å². The molecule has 1 aromatic heterocycles. The van der Waals surface area contributed by atoms with E-state index in [0.29, 0.717) is 18.8 Å². The summed E-state index contributed by atoms with van der Waals surface area (Å²) in [4.78, 5) is 2.60. The molecule has 4 rings (SSSR count). The molecule has 0 saturated carbocycles. The Morgan fingerprint density at radius 1 is 1.12 bits per heavy atom. The maximum absolute atomic E-state index is 14.0. The summed E-state index contributed by atoms with van der Waals surface area (Å²) in [6.45, 7) is 9.20. The zero-order valence-corrected chi connectivity index (χ0v) is 20.2. The molecule has 6 nitrogen and oxygen atoms in total. The van der Waals surface area contributed by atoms with Crippen molar-refractivity contribution < 1.29 is 12.8 Å². The number of halogens is 1. The zero-order chi connectivity index (χ0) is 23.6. The number of fused-ring (bicyclic) bond motifs is 1. The third-order valence-electron chi connectivity index (χ3n) is 6.00. The molecule has 1 aliphatic heterocycles. The molecule has 0 amide bonds. The van der Waals surface area contributed by atoms with Crippen LogP contribution in [0.3, 0.4) is 0 Å². The average Bonchev–Trinajstić information content (AvgIpc) is 3.16. The number of nitrogens with zero attached hydrogens (tertiary/aromatic N) is 4. The fraction of sp³-hybridized carbons (Fsp3) is 0.400. The first-order valence-electron chi connectivity index (χ1n) is 11.4. The van der Waals surface area contributed by atoms with Gasteiger partial charge in [0.15, 0.2) is 0 Å². The second kappa shape index (κ2) is 9.75. The van der Waals surface area contributed by atoms with Gasteiger partial charge in [0.05, 0.1) is 28.5 Å². The molecule has 2 aromatic carbocycles. The van der Waals surface area contributed by atoms with Gasteiger partial charge in [-0.15, -0.1) is 0 Å². The van der Waals surface area contributed by atoms with Crippen molar-refractivity contribution in [3.8, 4) is 5.69 Å². The van der Waals surface area contributed by atoms with Crippen molar-refractivity contribution in [2.45, 2.75) is 45.2 Å². The Morgan fingerprint density at radius 3 is 2.55 bits per heavy atom. The fourth-order valence-electron chi connectivity index (χ4n) is 4.32. The van der Waals surface area contributed by atoms with E-state index >= 15 is 0 Å². The molecule has 0 spiro atoms. The molecule has 0 radical (unpaired) electrons. The predicted molar refractivity (Wildman–Crippen MR) is 127 cm³/mol. The van der Waals surface area contributed by atoms with Crippen molar-refractivity contribution >= 4 is 10.0 Å². The van der Waals surface area contributed by atoms with Crippen molar-refractivity contribution in [2.75, 3.05) is 19.6 Å². The highest BCUT2D eigenvalue weighted by atomic mass is 32.2. The Balaban J connectivity index is 1.78. The second-order valence-corrected chi connectivity index (χ2v) is 10.8. The Kier molecular flexibility index (Phi) is 6.97. The first kappa shape index (κ1) is 23.6.